The molecule has 0 aliphatic heterocycles. The Bertz CT molecular complexity index is 1050. The highest BCUT2D eigenvalue weighted by Crippen LogP contribution is 2.30. The topological polar surface area (TPSA) is 79.6 Å². The van der Waals surface area contributed by atoms with Crippen molar-refractivity contribution in [3.8, 4) is 5.75 Å². The van der Waals surface area contributed by atoms with Crippen molar-refractivity contribution < 1.29 is 19.1 Å². The smallest absolute Gasteiger partial charge is 0.340 e. The molecule has 5 nitrogen and oxygen atoms in total. The molecule has 3 rings (SSSR count). The first-order valence-corrected chi connectivity index (χ1v) is 8.31. The summed E-state index contributed by atoms with van der Waals surface area (Å²) in [6, 6.07) is 11.6. The number of hydrogen-bond donors (Lipinski definition) is 0. The van der Waals surface area contributed by atoms with Gasteiger partial charge in [-0.1, -0.05) is 24.3 Å². The van der Waals surface area contributed by atoms with Gasteiger partial charge in [0.15, 0.2) is 0 Å². The Balaban J connectivity index is 1.99. The molecule has 1 aromatic heterocycles. The molecule has 0 N–H and O–H groups in total. The maximum absolute atomic E-state index is 12.2. The number of carbonyl (C=O) groups is 1. The van der Waals surface area contributed by atoms with Crippen LogP contribution < -0.4 is 15.5 Å². The first-order chi connectivity index (χ1) is 12.4. The second-order valence-electron chi connectivity index (χ2n) is 6.32. The Morgan fingerprint density at radius 2 is 1.81 bits per heavy atom. The molecule has 0 aliphatic carbocycles. The molecular weight excluding hydrogens is 332 g/mol. The monoisotopic (exact) mass is 351 g/mol. The first-order valence-electron chi connectivity index (χ1n) is 8.31. The summed E-state index contributed by atoms with van der Waals surface area (Å²) in [5, 5.41) is 11.6. The lowest BCUT2D eigenvalue weighted by Crippen LogP contribution is -2.27. The summed E-state index contributed by atoms with van der Waals surface area (Å²) in [5.41, 5.74) is 3.39. The second kappa shape index (κ2) is 7.04. The van der Waals surface area contributed by atoms with Crippen molar-refractivity contribution in [2.45, 2.75) is 33.8 Å². The maximum Gasteiger partial charge on any atom is 0.340 e. The molecule has 26 heavy (non-hydrogen) atoms. The van der Waals surface area contributed by atoms with Gasteiger partial charge in [0.05, 0.1) is 0 Å². The molecule has 0 unspecified atom stereocenters. The lowest BCUT2D eigenvalue weighted by Gasteiger charge is -2.14. The molecule has 0 radical (unpaired) electrons. The van der Waals surface area contributed by atoms with Crippen LogP contribution in [-0.4, -0.2) is 5.97 Å². The third kappa shape index (κ3) is 3.33. The van der Waals surface area contributed by atoms with Gasteiger partial charge in [0, 0.05) is 28.9 Å². The largest absolute Gasteiger partial charge is 0.550 e. The molecule has 0 amide bonds. The Hall–Kier alpha value is -3.08. The van der Waals surface area contributed by atoms with E-state index in [2.05, 4.69) is 0 Å². The van der Waals surface area contributed by atoms with Gasteiger partial charge >= 0.3 is 5.63 Å². The van der Waals surface area contributed by atoms with Gasteiger partial charge in [-0.3, -0.25) is 0 Å². The van der Waals surface area contributed by atoms with Crippen molar-refractivity contribution in [2.24, 2.45) is 0 Å². The average Bonchev–Trinajstić information content (AvgIpc) is 2.60. The van der Waals surface area contributed by atoms with Crippen molar-refractivity contribution >= 4 is 16.9 Å². The Kier molecular flexibility index (Phi) is 4.80. The third-order valence-electron chi connectivity index (χ3n) is 4.62. The van der Waals surface area contributed by atoms with Crippen LogP contribution in [0.5, 0.6) is 5.75 Å². The number of hydrogen-bond acceptors (Lipinski definition) is 5. The second-order valence-corrected chi connectivity index (χ2v) is 6.32. The molecule has 0 atom stereocenters. The molecule has 0 aliphatic rings. The molecule has 134 valence electrons. The van der Waals surface area contributed by atoms with Crippen LogP contribution in [0.3, 0.4) is 0 Å². The number of aliphatic carboxylic acids is 1. The number of carbonyl (C=O) groups excluding carboxylic acids is 1. The normalized spacial score (nSPS) is 10.9. The van der Waals surface area contributed by atoms with E-state index in [4.69, 9.17) is 9.15 Å². The standard InChI is InChI=1S/C21H20O5/c1-12-6-4-5-7-15(12)11-25-18-9-8-16-13(2)17(10-19(22)23)21(24)26-20(16)14(18)3/h4-9H,10-11H2,1-3H3,(H,22,23)/p-1. The lowest BCUT2D eigenvalue weighted by molar-refractivity contribution is -0.304. The predicted octanol–water partition coefficient (Wildman–Crippen LogP) is 2.59. The minimum absolute atomic E-state index is 0.116. The quantitative estimate of drug-likeness (QED) is 0.660. The highest BCUT2D eigenvalue weighted by atomic mass is 16.5. The van der Waals surface area contributed by atoms with Gasteiger partial charge in [-0.25, -0.2) is 4.79 Å². The van der Waals surface area contributed by atoms with Crippen LogP contribution in [0.15, 0.2) is 45.6 Å². The predicted molar refractivity (Wildman–Crippen MR) is 96.2 cm³/mol. The van der Waals surface area contributed by atoms with Gasteiger partial charge in [-0.15, -0.1) is 0 Å². The lowest BCUT2D eigenvalue weighted by atomic mass is 10.0. The summed E-state index contributed by atoms with van der Waals surface area (Å²) in [4.78, 5) is 23.0. The molecule has 2 aromatic carbocycles. The zero-order valence-corrected chi connectivity index (χ0v) is 14.9. The van der Waals surface area contributed by atoms with Crippen molar-refractivity contribution in [3.63, 3.8) is 0 Å². The first kappa shape index (κ1) is 17.7. The van der Waals surface area contributed by atoms with E-state index in [1.165, 1.54) is 0 Å². The highest BCUT2D eigenvalue weighted by Gasteiger charge is 2.15. The van der Waals surface area contributed by atoms with E-state index in [1.54, 1.807) is 13.0 Å². The summed E-state index contributed by atoms with van der Waals surface area (Å²) in [6.45, 7) is 5.96. The molecular formula is C21H19O5-. The summed E-state index contributed by atoms with van der Waals surface area (Å²) in [6.07, 6.45) is -0.464. The Labute approximate surface area is 150 Å². The molecule has 3 aromatic rings. The number of aryl methyl sites for hydroxylation is 3. The summed E-state index contributed by atoms with van der Waals surface area (Å²) >= 11 is 0. The van der Waals surface area contributed by atoms with E-state index in [0.717, 1.165) is 11.1 Å². The van der Waals surface area contributed by atoms with E-state index >= 15 is 0 Å². The van der Waals surface area contributed by atoms with Crippen LogP contribution in [0.1, 0.15) is 27.8 Å². The van der Waals surface area contributed by atoms with Crippen molar-refractivity contribution in [3.05, 3.63) is 74.6 Å². The molecule has 5 heteroatoms. The molecule has 0 bridgehead atoms. The van der Waals surface area contributed by atoms with Crippen molar-refractivity contribution in [2.75, 3.05) is 0 Å². The molecule has 0 saturated carbocycles. The minimum Gasteiger partial charge on any atom is -0.550 e. The van der Waals surface area contributed by atoms with Crippen molar-refractivity contribution in [1.82, 2.24) is 0 Å². The fourth-order valence-corrected chi connectivity index (χ4v) is 3.00. The number of carboxylic acids is 1. The summed E-state index contributed by atoms with van der Waals surface area (Å²) in [5.74, 6) is -0.689. The van der Waals surface area contributed by atoms with E-state index in [9.17, 15) is 14.7 Å². The van der Waals surface area contributed by atoms with E-state index in [0.29, 0.717) is 34.5 Å². The number of carboxylic acid groups (broad SMARTS) is 1. The minimum atomic E-state index is -1.31. The van der Waals surface area contributed by atoms with Crippen LogP contribution >= 0.6 is 0 Å². The SMILES string of the molecule is Cc1ccccc1COc1ccc2c(C)c(CC(=O)[O-])c(=O)oc2c1C. The maximum atomic E-state index is 12.2. The van der Waals surface area contributed by atoms with E-state index in [-0.39, 0.29) is 5.56 Å². The Morgan fingerprint density at radius 3 is 2.50 bits per heavy atom. The van der Waals surface area contributed by atoms with E-state index < -0.39 is 18.0 Å². The number of fused-ring (bicyclic) bond motifs is 1. The number of ether oxygens (including phenoxy) is 1. The fraction of sp³-hybridized carbons (Fsp3) is 0.238. The third-order valence-corrected chi connectivity index (χ3v) is 4.62. The van der Waals surface area contributed by atoms with Gasteiger partial charge in [0.2, 0.25) is 0 Å². The fourth-order valence-electron chi connectivity index (χ4n) is 3.00. The Morgan fingerprint density at radius 1 is 1.08 bits per heavy atom. The van der Waals surface area contributed by atoms with Gasteiger partial charge in [0.25, 0.3) is 0 Å². The van der Waals surface area contributed by atoms with Crippen LogP contribution in [-0.2, 0) is 17.8 Å². The van der Waals surface area contributed by atoms with Crippen LogP contribution in [0.4, 0.5) is 0 Å². The van der Waals surface area contributed by atoms with Gasteiger partial charge in [-0.2, -0.15) is 0 Å². The van der Waals surface area contributed by atoms with Crippen molar-refractivity contribution in [1.29, 1.82) is 0 Å². The molecule has 0 fully saturated rings. The highest BCUT2D eigenvalue weighted by molar-refractivity contribution is 5.86. The molecule has 1 heterocycles. The zero-order chi connectivity index (χ0) is 18.8. The van der Waals surface area contributed by atoms with E-state index in [1.807, 2.05) is 44.2 Å². The van der Waals surface area contributed by atoms with Crippen LogP contribution in [0.2, 0.25) is 0 Å². The van der Waals surface area contributed by atoms with Gasteiger partial charge < -0.3 is 19.1 Å². The summed E-state index contributed by atoms with van der Waals surface area (Å²) < 4.78 is 11.3. The molecule has 0 saturated heterocycles. The molecule has 0 spiro atoms. The van der Waals surface area contributed by atoms with Crippen LogP contribution in [0.25, 0.3) is 11.0 Å². The van der Waals surface area contributed by atoms with Crippen LogP contribution in [0, 0.1) is 20.8 Å². The number of benzene rings is 2. The average molecular weight is 351 g/mol. The van der Waals surface area contributed by atoms with Gasteiger partial charge in [-0.05, 0) is 49.6 Å². The number of rotatable bonds is 5. The summed E-state index contributed by atoms with van der Waals surface area (Å²) in [7, 11) is 0. The zero-order valence-electron chi connectivity index (χ0n) is 14.9. The van der Waals surface area contributed by atoms with Gasteiger partial charge in [0.1, 0.15) is 17.9 Å².